The second-order valence-electron chi connectivity index (χ2n) is 11.3. The Morgan fingerprint density at radius 2 is 1.71 bits per heavy atom. The van der Waals surface area contributed by atoms with Crippen LogP contribution in [-0.2, 0) is 12.8 Å². The third kappa shape index (κ3) is 2.80. The minimum atomic E-state index is -0.421. The van der Waals surface area contributed by atoms with E-state index in [1.807, 2.05) is 30.3 Å². The number of imidazole rings is 1. The van der Waals surface area contributed by atoms with Gasteiger partial charge in [-0.15, -0.1) is 0 Å². The highest BCUT2D eigenvalue weighted by Gasteiger charge is 2.59. The molecule has 2 atom stereocenters. The van der Waals surface area contributed by atoms with Crippen LogP contribution in [0.5, 0.6) is 0 Å². The number of benzene rings is 2. The fraction of sp³-hybridized carbons (Fsp3) is 0.333. The maximum Gasteiger partial charge on any atom is 0.261 e. The van der Waals surface area contributed by atoms with Crippen molar-refractivity contribution in [1.82, 2.24) is 14.3 Å². The van der Waals surface area contributed by atoms with Gasteiger partial charge in [-0.05, 0) is 78.8 Å². The van der Waals surface area contributed by atoms with Crippen LogP contribution in [-0.4, -0.2) is 51.6 Å². The van der Waals surface area contributed by atoms with Crippen LogP contribution in [0.15, 0.2) is 48.5 Å². The number of nitrogens with zero attached hydrogens (tertiary/aromatic N) is 4. The lowest BCUT2D eigenvalue weighted by atomic mass is 9.93. The number of rotatable bonds is 4. The third-order valence-corrected chi connectivity index (χ3v) is 9.36. The predicted octanol–water partition coefficient (Wildman–Crippen LogP) is 3.59. The van der Waals surface area contributed by atoms with Crippen LogP contribution in [0, 0.1) is 11.3 Å². The number of fused-ring (bicyclic) bond motifs is 6. The Morgan fingerprint density at radius 3 is 2.45 bits per heavy atom. The van der Waals surface area contributed by atoms with Crippen molar-refractivity contribution >= 4 is 40.2 Å². The zero-order valence-electron chi connectivity index (χ0n) is 20.9. The monoisotopic (exact) mass is 505 g/mol. The Labute approximate surface area is 219 Å². The lowest BCUT2D eigenvalue weighted by molar-refractivity contribution is 0.0607. The van der Waals surface area contributed by atoms with Crippen molar-refractivity contribution in [1.29, 1.82) is 0 Å². The average Bonchev–Trinajstić information content (AvgIpc) is 3.15. The number of piperidine rings is 1. The lowest BCUT2D eigenvalue weighted by Crippen LogP contribution is -2.43. The molecule has 2 aliphatic heterocycles. The number of hydrogen-bond donors (Lipinski definition) is 1. The highest BCUT2D eigenvalue weighted by atomic mass is 16.2. The van der Waals surface area contributed by atoms with Gasteiger partial charge in [0.15, 0.2) is 5.65 Å². The Kier molecular flexibility index (Phi) is 4.27. The number of anilines is 1. The van der Waals surface area contributed by atoms with Crippen LogP contribution in [0.2, 0.25) is 0 Å². The summed E-state index contributed by atoms with van der Waals surface area (Å²) in [5, 5.41) is 0. The minimum absolute atomic E-state index is 0.0175. The summed E-state index contributed by atoms with van der Waals surface area (Å²) in [6.07, 6.45) is 4.66. The van der Waals surface area contributed by atoms with E-state index in [1.165, 1.54) is 10.5 Å². The number of nitrogens with two attached hydrogens (primary N) is 1. The van der Waals surface area contributed by atoms with E-state index in [2.05, 4.69) is 15.4 Å². The first-order valence-corrected chi connectivity index (χ1v) is 13.4. The number of imide groups is 1. The van der Waals surface area contributed by atoms with E-state index < -0.39 is 5.91 Å². The highest BCUT2D eigenvalue weighted by Crippen LogP contribution is 2.59. The molecule has 2 fully saturated rings. The molecule has 4 aromatic rings. The van der Waals surface area contributed by atoms with E-state index in [0.717, 1.165) is 67.6 Å². The number of pyridine rings is 1. The zero-order chi connectivity index (χ0) is 25.8. The standard InChI is InChI=1S/C30H27N5O3/c31-25(36)24-18-8-5-9-19(18)27(35-23-11-4-3-10-22(23)32-26(24)35)33-13-12-30(14-17(30)15-33)16-34-28(37)20-6-1-2-7-21(20)29(34)38/h1-4,6-7,10-11,17H,5,8-9,12-16H2,(H2,31,36). The molecule has 3 amide bonds. The molecule has 190 valence electrons. The number of hydrogen-bond acceptors (Lipinski definition) is 5. The second kappa shape index (κ2) is 7.43. The van der Waals surface area contributed by atoms with Gasteiger partial charge in [-0.3, -0.25) is 23.7 Å². The van der Waals surface area contributed by atoms with Crippen molar-refractivity contribution in [2.45, 2.75) is 32.1 Å². The topological polar surface area (TPSA) is 101 Å². The van der Waals surface area contributed by atoms with Crippen LogP contribution in [0.1, 0.15) is 61.5 Å². The highest BCUT2D eigenvalue weighted by molar-refractivity contribution is 6.21. The van der Waals surface area contributed by atoms with Crippen molar-refractivity contribution < 1.29 is 14.4 Å². The largest absolute Gasteiger partial charge is 0.365 e. The van der Waals surface area contributed by atoms with E-state index >= 15 is 0 Å². The summed E-state index contributed by atoms with van der Waals surface area (Å²) < 4.78 is 2.15. The van der Waals surface area contributed by atoms with Gasteiger partial charge in [0.1, 0.15) is 5.82 Å². The van der Waals surface area contributed by atoms with Crippen molar-refractivity contribution in [2.75, 3.05) is 24.5 Å². The molecule has 2 aromatic heterocycles. The molecule has 1 saturated heterocycles. The molecular weight excluding hydrogens is 478 g/mol. The van der Waals surface area contributed by atoms with Crippen LogP contribution >= 0.6 is 0 Å². The number of carbonyl (C=O) groups is 3. The summed E-state index contributed by atoms with van der Waals surface area (Å²) >= 11 is 0. The molecule has 0 radical (unpaired) electrons. The first kappa shape index (κ1) is 21.8. The smallest absolute Gasteiger partial charge is 0.261 e. The van der Waals surface area contributed by atoms with Crippen molar-refractivity contribution in [3.63, 3.8) is 0 Å². The number of aromatic nitrogens is 2. The number of para-hydroxylation sites is 2. The van der Waals surface area contributed by atoms with Gasteiger partial charge in [0.25, 0.3) is 17.7 Å². The molecule has 8 rings (SSSR count). The summed E-state index contributed by atoms with van der Waals surface area (Å²) in [6, 6.07) is 15.1. The quantitative estimate of drug-likeness (QED) is 0.427. The lowest BCUT2D eigenvalue weighted by Gasteiger charge is -2.36. The summed E-state index contributed by atoms with van der Waals surface area (Å²) in [4.78, 5) is 47.5. The minimum Gasteiger partial charge on any atom is -0.365 e. The molecule has 4 heterocycles. The fourth-order valence-corrected chi connectivity index (χ4v) is 7.41. The molecule has 2 aromatic carbocycles. The zero-order valence-corrected chi connectivity index (χ0v) is 20.9. The Hall–Kier alpha value is -4.20. The fourth-order valence-electron chi connectivity index (χ4n) is 7.41. The Balaban J connectivity index is 1.16. The van der Waals surface area contributed by atoms with Crippen LogP contribution in [0.4, 0.5) is 5.82 Å². The molecule has 38 heavy (non-hydrogen) atoms. The molecule has 2 unspecified atom stereocenters. The molecule has 2 aliphatic carbocycles. The van der Waals surface area contributed by atoms with Gasteiger partial charge >= 0.3 is 0 Å². The van der Waals surface area contributed by atoms with Gasteiger partial charge in [-0.1, -0.05) is 24.3 Å². The maximum absolute atomic E-state index is 13.0. The molecule has 4 aliphatic rings. The molecule has 2 N–H and O–H groups in total. The van der Waals surface area contributed by atoms with Crippen LogP contribution in [0.25, 0.3) is 16.7 Å². The van der Waals surface area contributed by atoms with E-state index in [4.69, 9.17) is 10.7 Å². The Morgan fingerprint density at radius 1 is 1.00 bits per heavy atom. The van der Waals surface area contributed by atoms with Gasteiger partial charge in [0.05, 0.1) is 27.7 Å². The normalized spacial score (nSPS) is 23.7. The molecule has 0 spiro atoms. The number of carbonyl (C=O) groups excluding carboxylic acids is 3. The summed E-state index contributed by atoms with van der Waals surface area (Å²) in [5.74, 6) is 0.778. The van der Waals surface area contributed by atoms with Gasteiger partial charge in [0, 0.05) is 19.6 Å². The maximum atomic E-state index is 13.0. The van der Waals surface area contributed by atoms with Crippen LogP contribution in [0.3, 0.4) is 0 Å². The molecular formula is C30H27N5O3. The van der Waals surface area contributed by atoms with Crippen molar-refractivity contribution in [2.24, 2.45) is 17.1 Å². The van der Waals surface area contributed by atoms with Crippen molar-refractivity contribution in [3.8, 4) is 0 Å². The predicted molar refractivity (Wildman–Crippen MR) is 142 cm³/mol. The molecule has 0 bridgehead atoms. The van der Waals surface area contributed by atoms with E-state index in [1.54, 1.807) is 12.1 Å². The van der Waals surface area contributed by atoms with Crippen molar-refractivity contribution in [3.05, 3.63) is 76.3 Å². The van der Waals surface area contributed by atoms with E-state index in [0.29, 0.717) is 34.8 Å². The van der Waals surface area contributed by atoms with Crippen LogP contribution < -0.4 is 10.6 Å². The molecule has 8 heteroatoms. The Bertz CT molecular complexity index is 1700. The van der Waals surface area contributed by atoms with Gasteiger partial charge in [0.2, 0.25) is 0 Å². The number of primary amides is 1. The first-order chi connectivity index (χ1) is 18.5. The van der Waals surface area contributed by atoms with E-state index in [-0.39, 0.29) is 17.2 Å². The third-order valence-electron chi connectivity index (χ3n) is 9.36. The summed E-state index contributed by atoms with van der Waals surface area (Å²) in [7, 11) is 0. The van der Waals surface area contributed by atoms with Gasteiger partial charge in [-0.2, -0.15) is 0 Å². The average molecular weight is 506 g/mol. The number of amides is 3. The first-order valence-electron chi connectivity index (χ1n) is 13.4. The SMILES string of the molecule is NC(=O)c1c2c(c(N3CCC4(CN5C(=O)c6ccccc6C5=O)CC4C3)n3c1nc1ccccc13)CCC2. The molecule has 8 nitrogen and oxygen atoms in total. The molecule has 1 saturated carbocycles. The van der Waals surface area contributed by atoms with Gasteiger partial charge < -0.3 is 10.6 Å². The summed E-state index contributed by atoms with van der Waals surface area (Å²) in [5.41, 5.74) is 12.2. The second-order valence-corrected chi connectivity index (χ2v) is 11.3. The van der Waals surface area contributed by atoms with E-state index in [9.17, 15) is 14.4 Å². The van der Waals surface area contributed by atoms with Gasteiger partial charge in [-0.25, -0.2) is 4.98 Å². The summed E-state index contributed by atoms with van der Waals surface area (Å²) in [6.45, 7) is 2.16.